The molecule has 2 unspecified atom stereocenters. The average Bonchev–Trinajstić information content (AvgIpc) is 2.45. The van der Waals surface area contributed by atoms with Gasteiger partial charge in [0.1, 0.15) is 11.5 Å². The van der Waals surface area contributed by atoms with Crippen molar-refractivity contribution in [1.82, 2.24) is 4.98 Å². The largest absolute Gasteiger partial charge is 0.384 e. The van der Waals surface area contributed by atoms with Crippen molar-refractivity contribution in [2.45, 2.75) is 37.4 Å². The minimum Gasteiger partial charge on any atom is -0.384 e. The molecule has 1 heterocycles. The maximum absolute atomic E-state index is 14.2. The molecule has 15 heavy (non-hydrogen) atoms. The van der Waals surface area contributed by atoms with E-state index >= 15 is 0 Å². The highest BCUT2D eigenvalue weighted by atomic mass is 19.1. The van der Waals surface area contributed by atoms with E-state index in [0.717, 1.165) is 12.0 Å². The average molecular weight is 209 g/mol. The van der Waals surface area contributed by atoms with E-state index in [4.69, 9.17) is 11.5 Å². The number of anilines is 1. The molecule has 1 fully saturated rings. The molecule has 82 valence electrons. The van der Waals surface area contributed by atoms with E-state index in [0.29, 0.717) is 25.1 Å². The SMILES string of the molecule is Nc1cc(CC2(F)CCC(N)C2)ccn1. The summed E-state index contributed by atoms with van der Waals surface area (Å²) in [6, 6.07) is 3.54. The van der Waals surface area contributed by atoms with Crippen LogP contribution in [0.25, 0.3) is 0 Å². The van der Waals surface area contributed by atoms with Gasteiger partial charge in [-0.05, 0) is 37.0 Å². The second-order valence-corrected chi connectivity index (χ2v) is 4.42. The van der Waals surface area contributed by atoms with E-state index in [2.05, 4.69) is 4.98 Å². The Morgan fingerprint density at radius 2 is 2.40 bits per heavy atom. The summed E-state index contributed by atoms with van der Waals surface area (Å²) >= 11 is 0. The third kappa shape index (κ3) is 2.45. The molecular weight excluding hydrogens is 193 g/mol. The number of nitrogen functional groups attached to an aromatic ring is 1. The molecule has 2 rings (SSSR count). The number of aromatic nitrogens is 1. The fraction of sp³-hybridized carbons (Fsp3) is 0.545. The predicted molar refractivity (Wildman–Crippen MR) is 58.0 cm³/mol. The molecule has 2 atom stereocenters. The van der Waals surface area contributed by atoms with Gasteiger partial charge < -0.3 is 11.5 Å². The summed E-state index contributed by atoms with van der Waals surface area (Å²) in [4.78, 5) is 3.88. The van der Waals surface area contributed by atoms with Crippen molar-refractivity contribution in [3.05, 3.63) is 23.9 Å². The Bertz CT molecular complexity index is 355. The van der Waals surface area contributed by atoms with Crippen molar-refractivity contribution in [3.63, 3.8) is 0 Å². The summed E-state index contributed by atoms with van der Waals surface area (Å²) in [6.45, 7) is 0. The van der Waals surface area contributed by atoms with Crippen LogP contribution in [0.1, 0.15) is 24.8 Å². The van der Waals surface area contributed by atoms with Gasteiger partial charge in [-0.3, -0.25) is 0 Å². The number of alkyl halides is 1. The number of hydrogen-bond acceptors (Lipinski definition) is 3. The summed E-state index contributed by atoms with van der Waals surface area (Å²) in [5.74, 6) is 0.443. The first-order chi connectivity index (χ1) is 7.07. The van der Waals surface area contributed by atoms with E-state index in [1.807, 2.05) is 6.07 Å². The first-order valence-corrected chi connectivity index (χ1v) is 5.22. The minimum absolute atomic E-state index is 0.00850. The van der Waals surface area contributed by atoms with Crippen LogP contribution in [-0.4, -0.2) is 16.7 Å². The van der Waals surface area contributed by atoms with Gasteiger partial charge in [0.2, 0.25) is 0 Å². The zero-order valence-electron chi connectivity index (χ0n) is 8.62. The fourth-order valence-corrected chi connectivity index (χ4v) is 2.25. The zero-order valence-corrected chi connectivity index (χ0v) is 8.62. The molecule has 0 spiro atoms. The molecule has 1 aromatic heterocycles. The third-order valence-corrected chi connectivity index (χ3v) is 2.96. The maximum atomic E-state index is 14.2. The Morgan fingerprint density at radius 3 is 3.00 bits per heavy atom. The van der Waals surface area contributed by atoms with Gasteiger partial charge in [0.25, 0.3) is 0 Å². The van der Waals surface area contributed by atoms with Crippen LogP contribution in [-0.2, 0) is 6.42 Å². The molecule has 4 N–H and O–H groups in total. The number of halogens is 1. The summed E-state index contributed by atoms with van der Waals surface area (Å²) in [5.41, 5.74) is 11.0. The molecule has 1 saturated carbocycles. The Morgan fingerprint density at radius 1 is 1.60 bits per heavy atom. The highest BCUT2D eigenvalue weighted by Crippen LogP contribution is 2.35. The van der Waals surface area contributed by atoms with Crippen molar-refractivity contribution >= 4 is 5.82 Å². The van der Waals surface area contributed by atoms with E-state index in [1.165, 1.54) is 0 Å². The zero-order chi connectivity index (χ0) is 10.9. The van der Waals surface area contributed by atoms with Crippen LogP contribution < -0.4 is 11.5 Å². The molecule has 1 aliphatic carbocycles. The van der Waals surface area contributed by atoms with Gasteiger partial charge in [0.05, 0.1) is 0 Å². The first kappa shape index (κ1) is 10.4. The standard InChI is InChI=1S/C11H16FN3/c12-11(3-1-9(13)7-11)6-8-2-4-15-10(14)5-8/h2,4-5,9H,1,3,6-7,13H2,(H2,14,15). The summed E-state index contributed by atoms with van der Waals surface area (Å²) in [6.07, 6.45) is 3.79. The van der Waals surface area contributed by atoms with Gasteiger partial charge in [-0.15, -0.1) is 0 Å². The Hall–Kier alpha value is -1.16. The van der Waals surface area contributed by atoms with E-state index in [1.54, 1.807) is 12.3 Å². The van der Waals surface area contributed by atoms with Crippen molar-refractivity contribution in [2.75, 3.05) is 5.73 Å². The van der Waals surface area contributed by atoms with E-state index in [9.17, 15) is 4.39 Å². The lowest BCUT2D eigenvalue weighted by molar-refractivity contribution is 0.170. The molecule has 0 saturated heterocycles. The number of rotatable bonds is 2. The monoisotopic (exact) mass is 209 g/mol. The number of nitrogens with zero attached hydrogens (tertiary/aromatic N) is 1. The summed E-state index contributed by atoms with van der Waals surface area (Å²) in [7, 11) is 0. The molecule has 0 aliphatic heterocycles. The van der Waals surface area contributed by atoms with Crippen LogP contribution in [0.2, 0.25) is 0 Å². The molecule has 0 amide bonds. The second-order valence-electron chi connectivity index (χ2n) is 4.42. The topological polar surface area (TPSA) is 64.9 Å². The predicted octanol–water partition coefficient (Wildman–Crippen LogP) is 1.43. The van der Waals surface area contributed by atoms with Crippen LogP contribution >= 0.6 is 0 Å². The quantitative estimate of drug-likeness (QED) is 0.774. The highest BCUT2D eigenvalue weighted by Gasteiger charge is 2.37. The lowest BCUT2D eigenvalue weighted by Crippen LogP contribution is -2.25. The molecule has 0 bridgehead atoms. The van der Waals surface area contributed by atoms with Crippen molar-refractivity contribution < 1.29 is 4.39 Å². The highest BCUT2D eigenvalue weighted by molar-refractivity contribution is 5.32. The fourth-order valence-electron chi connectivity index (χ4n) is 2.25. The molecule has 0 aromatic carbocycles. The Labute approximate surface area is 88.7 Å². The summed E-state index contributed by atoms with van der Waals surface area (Å²) in [5, 5.41) is 0. The summed E-state index contributed by atoms with van der Waals surface area (Å²) < 4.78 is 14.2. The van der Waals surface area contributed by atoms with Gasteiger partial charge in [-0.1, -0.05) is 0 Å². The van der Waals surface area contributed by atoms with Gasteiger partial charge >= 0.3 is 0 Å². The van der Waals surface area contributed by atoms with Crippen LogP contribution in [0.15, 0.2) is 18.3 Å². The Balaban J connectivity index is 2.08. The normalized spacial score (nSPS) is 30.7. The molecule has 4 heteroatoms. The van der Waals surface area contributed by atoms with Crippen LogP contribution in [0, 0.1) is 0 Å². The lowest BCUT2D eigenvalue weighted by atomic mass is 9.95. The first-order valence-electron chi connectivity index (χ1n) is 5.22. The molecule has 1 aliphatic rings. The lowest BCUT2D eigenvalue weighted by Gasteiger charge is -2.19. The van der Waals surface area contributed by atoms with E-state index in [-0.39, 0.29) is 6.04 Å². The van der Waals surface area contributed by atoms with Gasteiger partial charge in [-0.2, -0.15) is 0 Å². The van der Waals surface area contributed by atoms with Crippen molar-refractivity contribution in [3.8, 4) is 0 Å². The maximum Gasteiger partial charge on any atom is 0.123 e. The number of hydrogen-bond donors (Lipinski definition) is 2. The molecule has 0 radical (unpaired) electrons. The van der Waals surface area contributed by atoms with Crippen LogP contribution in [0.3, 0.4) is 0 Å². The third-order valence-electron chi connectivity index (χ3n) is 2.96. The van der Waals surface area contributed by atoms with E-state index < -0.39 is 5.67 Å². The number of nitrogens with two attached hydrogens (primary N) is 2. The van der Waals surface area contributed by atoms with Gasteiger partial charge in [0, 0.05) is 18.7 Å². The van der Waals surface area contributed by atoms with Crippen molar-refractivity contribution in [1.29, 1.82) is 0 Å². The second kappa shape index (κ2) is 3.77. The molecule has 3 nitrogen and oxygen atoms in total. The smallest absolute Gasteiger partial charge is 0.123 e. The van der Waals surface area contributed by atoms with Gasteiger partial charge in [0.15, 0.2) is 0 Å². The Kier molecular flexibility index (Phi) is 2.61. The van der Waals surface area contributed by atoms with Crippen molar-refractivity contribution in [2.24, 2.45) is 5.73 Å². The number of pyridine rings is 1. The molecular formula is C11H16FN3. The minimum atomic E-state index is -1.15. The van der Waals surface area contributed by atoms with Crippen LogP contribution in [0.4, 0.5) is 10.2 Å². The molecule has 1 aromatic rings. The van der Waals surface area contributed by atoms with Gasteiger partial charge in [-0.25, -0.2) is 9.37 Å². The van der Waals surface area contributed by atoms with Crippen LogP contribution in [0.5, 0.6) is 0 Å².